The Morgan fingerprint density at radius 2 is 2.04 bits per heavy atom. The fourth-order valence-electron chi connectivity index (χ4n) is 2.95. The van der Waals surface area contributed by atoms with Crippen LogP contribution in [0.15, 0.2) is 53.5 Å². The maximum Gasteiger partial charge on any atom is 0.279 e. The Morgan fingerprint density at radius 1 is 1.19 bits per heavy atom. The first-order valence-corrected chi connectivity index (χ1v) is 9.50. The minimum Gasteiger partial charge on any atom is -0.317 e. The molecule has 0 atom stereocenters. The van der Waals surface area contributed by atoms with E-state index in [1.165, 1.54) is 11.3 Å². The summed E-state index contributed by atoms with van der Waals surface area (Å²) < 4.78 is 3.05. The zero-order valence-electron chi connectivity index (χ0n) is 14.4. The lowest BCUT2D eigenvalue weighted by Gasteiger charge is -2.02. The zero-order valence-corrected chi connectivity index (χ0v) is 15.9. The van der Waals surface area contributed by atoms with Crippen molar-refractivity contribution < 1.29 is 4.79 Å². The summed E-state index contributed by atoms with van der Waals surface area (Å²) in [6, 6.07) is 15.1. The van der Waals surface area contributed by atoms with Crippen LogP contribution < -0.4 is 4.80 Å². The summed E-state index contributed by atoms with van der Waals surface area (Å²) in [5.41, 5.74) is 3.42. The number of carbonyl (C=O) groups excluding carboxylic acids is 1. The standard InChI is InChI=1S/C20H16ClN3OS/c1-3-24-17-9-7-15(21)11-18(17)26-20(24)23-19(25)14-6-8-16-13(10-14)5-4-12(2)22-16/h4-11H,3H2,1-2H3. The van der Waals surface area contributed by atoms with E-state index in [0.717, 1.165) is 33.4 Å². The van der Waals surface area contributed by atoms with Gasteiger partial charge in [-0.15, -0.1) is 0 Å². The van der Waals surface area contributed by atoms with Crippen molar-refractivity contribution >= 4 is 50.0 Å². The molecule has 2 aromatic heterocycles. The van der Waals surface area contributed by atoms with E-state index in [1.54, 1.807) is 6.07 Å². The van der Waals surface area contributed by atoms with Crippen LogP contribution in [0.2, 0.25) is 5.02 Å². The van der Waals surface area contributed by atoms with E-state index in [-0.39, 0.29) is 5.91 Å². The van der Waals surface area contributed by atoms with Gasteiger partial charge in [0.1, 0.15) is 0 Å². The Kier molecular flexibility index (Phi) is 4.34. The predicted octanol–water partition coefficient (Wildman–Crippen LogP) is 4.97. The lowest BCUT2D eigenvalue weighted by atomic mass is 10.1. The van der Waals surface area contributed by atoms with Crippen molar-refractivity contribution in [1.29, 1.82) is 0 Å². The Hall–Kier alpha value is -2.50. The topological polar surface area (TPSA) is 47.2 Å². The number of hydrogen-bond donors (Lipinski definition) is 0. The summed E-state index contributed by atoms with van der Waals surface area (Å²) in [6.45, 7) is 4.72. The molecule has 0 radical (unpaired) electrons. The van der Waals surface area contributed by atoms with Gasteiger partial charge in [0.05, 0.1) is 15.7 Å². The summed E-state index contributed by atoms with van der Waals surface area (Å²) in [5, 5.41) is 1.61. The molecule has 0 aliphatic carbocycles. The second-order valence-electron chi connectivity index (χ2n) is 6.02. The van der Waals surface area contributed by atoms with Crippen LogP contribution in [-0.2, 0) is 6.54 Å². The average Bonchev–Trinajstić information content (AvgIpc) is 2.97. The quantitative estimate of drug-likeness (QED) is 0.492. The van der Waals surface area contributed by atoms with E-state index in [2.05, 4.69) is 9.98 Å². The molecule has 0 saturated heterocycles. The molecular weight excluding hydrogens is 366 g/mol. The van der Waals surface area contributed by atoms with Gasteiger partial charge in [-0.1, -0.05) is 29.0 Å². The highest BCUT2D eigenvalue weighted by molar-refractivity contribution is 7.16. The number of nitrogens with zero attached hydrogens (tertiary/aromatic N) is 3. The summed E-state index contributed by atoms with van der Waals surface area (Å²) in [7, 11) is 0. The zero-order chi connectivity index (χ0) is 18.3. The van der Waals surface area contributed by atoms with Crippen molar-refractivity contribution in [3.63, 3.8) is 0 Å². The molecule has 4 rings (SSSR count). The van der Waals surface area contributed by atoms with Crippen molar-refractivity contribution in [1.82, 2.24) is 9.55 Å². The highest BCUT2D eigenvalue weighted by Crippen LogP contribution is 2.22. The third-order valence-electron chi connectivity index (χ3n) is 4.23. The first-order valence-electron chi connectivity index (χ1n) is 8.30. The number of amides is 1. The Labute approximate surface area is 159 Å². The Balaban J connectivity index is 1.82. The Bertz CT molecular complexity index is 1220. The van der Waals surface area contributed by atoms with Crippen molar-refractivity contribution in [2.45, 2.75) is 20.4 Å². The molecule has 0 fully saturated rings. The van der Waals surface area contributed by atoms with Crippen LogP contribution in [0.3, 0.4) is 0 Å². The molecule has 4 nitrogen and oxygen atoms in total. The van der Waals surface area contributed by atoms with Gasteiger partial charge in [0.25, 0.3) is 5.91 Å². The van der Waals surface area contributed by atoms with Crippen LogP contribution >= 0.6 is 22.9 Å². The van der Waals surface area contributed by atoms with Gasteiger partial charge in [0.2, 0.25) is 0 Å². The molecule has 2 aromatic carbocycles. The third kappa shape index (κ3) is 3.04. The smallest absolute Gasteiger partial charge is 0.279 e. The van der Waals surface area contributed by atoms with Gasteiger partial charge in [-0.05, 0) is 56.3 Å². The first kappa shape index (κ1) is 16.9. The van der Waals surface area contributed by atoms with Crippen LogP contribution in [0, 0.1) is 6.92 Å². The molecule has 130 valence electrons. The molecule has 0 saturated carbocycles. The number of thiazole rings is 1. The molecule has 4 aromatic rings. The Morgan fingerprint density at radius 3 is 2.85 bits per heavy atom. The number of benzene rings is 2. The SMILES string of the molecule is CCn1c(=NC(=O)c2ccc3nc(C)ccc3c2)sc2cc(Cl)ccc21. The predicted molar refractivity (Wildman–Crippen MR) is 107 cm³/mol. The normalized spacial score (nSPS) is 12.2. The second-order valence-corrected chi connectivity index (χ2v) is 7.46. The third-order valence-corrected chi connectivity index (χ3v) is 5.51. The lowest BCUT2D eigenvalue weighted by Crippen LogP contribution is -2.15. The minimum absolute atomic E-state index is 0.257. The number of fused-ring (bicyclic) bond motifs is 2. The number of hydrogen-bond acceptors (Lipinski definition) is 3. The van der Waals surface area contributed by atoms with Crippen LogP contribution in [-0.4, -0.2) is 15.5 Å². The average molecular weight is 382 g/mol. The van der Waals surface area contributed by atoms with E-state index < -0.39 is 0 Å². The maximum absolute atomic E-state index is 12.7. The maximum atomic E-state index is 12.7. The largest absolute Gasteiger partial charge is 0.317 e. The fraction of sp³-hybridized carbons (Fsp3) is 0.150. The molecule has 0 N–H and O–H groups in total. The number of aryl methyl sites for hydroxylation is 2. The number of rotatable bonds is 2. The van der Waals surface area contributed by atoms with Crippen LogP contribution in [0.25, 0.3) is 21.1 Å². The molecular formula is C20H16ClN3OS. The van der Waals surface area contributed by atoms with Gasteiger partial charge < -0.3 is 4.57 Å². The summed E-state index contributed by atoms with van der Waals surface area (Å²) in [6.07, 6.45) is 0. The highest BCUT2D eigenvalue weighted by Gasteiger charge is 2.10. The van der Waals surface area contributed by atoms with Crippen LogP contribution in [0.4, 0.5) is 0 Å². The number of pyridine rings is 1. The minimum atomic E-state index is -0.257. The highest BCUT2D eigenvalue weighted by atomic mass is 35.5. The second kappa shape index (κ2) is 6.67. The van der Waals surface area contributed by atoms with E-state index in [9.17, 15) is 4.79 Å². The number of halogens is 1. The molecule has 0 spiro atoms. The lowest BCUT2D eigenvalue weighted by molar-refractivity contribution is 0.0998. The molecule has 6 heteroatoms. The van der Waals surface area contributed by atoms with Crippen molar-refractivity contribution in [3.8, 4) is 0 Å². The molecule has 0 bridgehead atoms. The molecule has 0 aliphatic rings. The summed E-state index contributed by atoms with van der Waals surface area (Å²) in [5.74, 6) is -0.257. The number of aromatic nitrogens is 2. The van der Waals surface area contributed by atoms with Gasteiger partial charge >= 0.3 is 0 Å². The number of carbonyl (C=O) groups is 1. The van der Waals surface area contributed by atoms with Gasteiger partial charge in [-0.25, -0.2) is 0 Å². The van der Waals surface area contributed by atoms with E-state index >= 15 is 0 Å². The van der Waals surface area contributed by atoms with Crippen LogP contribution in [0.1, 0.15) is 23.0 Å². The van der Waals surface area contributed by atoms with Gasteiger partial charge in [-0.3, -0.25) is 9.78 Å². The summed E-state index contributed by atoms with van der Waals surface area (Å²) in [4.78, 5) is 22.2. The molecule has 0 aliphatic heterocycles. The summed E-state index contributed by atoms with van der Waals surface area (Å²) >= 11 is 7.56. The monoisotopic (exact) mass is 381 g/mol. The molecule has 1 amide bonds. The van der Waals surface area contributed by atoms with Crippen molar-refractivity contribution in [2.24, 2.45) is 4.99 Å². The van der Waals surface area contributed by atoms with E-state index in [0.29, 0.717) is 15.4 Å². The van der Waals surface area contributed by atoms with Crippen molar-refractivity contribution in [2.75, 3.05) is 0 Å². The first-order chi connectivity index (χ1) is 12.5. The van der Waals surface area contributed by atoms with Crippen LogP contribution in [0.5, 0.6) is 0 Å². The van der Waals surface area contributed by atoms with Gasteiger partial charge in [0, 0.05) is 28.2 Å². The van der Waals surface area contributed by atoms with Gasteiger partial charge in [0.15, 0.2) is 4.80 Å². The van der Waals surface area contributed by atoms with Crippen molar-refractivity contribution in [3.05, 3.63) is 69.6 Å². The fourth-order valence-corrected chi connectivity index (χ4v) is 4.32. The van der Waals surface area contributed by atoms with Gasteiger partial charge in [-0.2, -0.15) is 4.99 Å². The van der Waals surface area contributed by atoms with E-state index in [1.807, 2.05) is 60.9 Å². The molecule has 2 heterocycles. The molecule has 26 heavy (non-hydrogen) atoms. The molecule has 0 unspecified atom stereocenters. The van der Waals surface area contributed by atoms with E-state index in [4.69, 9.17) is 11.6 Å².